The fourth-order valence-corrected chi connectivity index (χ4v) is 4.79. The maximum atomic E-state index is 12.8. The average molecular weight is 507 g/mol. The van der Waals surface area contributed by atoms with Gasteiger partial charge in [-0.15, -0.1) is 11.3 Å². The summed E-state index contributed by atoms with van der Waals surface area (Å²) < 4.78 is 2.55. The Balaban J connectivity index is 0.00000132. The van der Waals surface area contributed by atoms with Crippen LogP contribution in [0.15, 0.2) is 28.4 Å². The number of piperidine rings is 1. The highest BCUT2D eigenvalue weighted by molar-refractivity contribution is 9.11. The molecule has 0 bridgehead atoms. The topological polar surface area (TPSA) is 91.6 Å². The van der Waals surface area contributed by atoms with Crippen LogP contribution in [0.5, 0.6) is 0 Å². The first-order valence-corrected chi connectivity index (χ1v) is 12.0. The molecule has 0 radical (unpaired) electrons. The van der Waals surface area contributed by atoms with E-state index in [1.807, 2.05) is 27.0 Å². The van der Waals surface area contributed by atoms with Crippen LogP contribution in [-0.2, 0) is 4.79 Å². The number of fused-ring (bicyclic) bond motifs is 1. The molecule has 4 heterocycles. The first-order valence-electron chi connectivity index (χ1n) is 10.4. The first-order chi connectivity index (χ1) is 15.0. The van der Waals surface area contributed by atoms with Gasteiger partial charge in [-0.1, -0.05) is 20.3 Å². The second-order valence-corrected chi connectivity index (χ2v) is 9.45. The van der Waals surface area contributed by atoms with Crippen molar-refractivity contribution in [3.63, 3.8) is 0 Å². The van der Waals surface area contributed by atoms with Gasteiger partial charge >= 0.3 is 0 Å². The van der Waals surface area contributed by atoms with Crippen molar-refractivity contribution in [3.05, 3.63) is 39.7 Å². The van der Waals surface area contributed by atoms with Crippen molar-refractivity contribution in [2.45, 2.75) is 40.0 Å². The van der Waals surface area contributed by atoms with Crippen molar-refractivity contribution in [2.75, 3.05) is 30.3 Å². The van der Waals surface area contributed by atoms with E-state index in [2.05, 4.69) is 41.5 Å². The number of rotatable bonds is 5. The standard InChI is InChI=1S/C19H21BrN6O2S.C2H6/c1-12-15(24-18(28)14-9-22-26-10-16(20)29-19(14)26)7-13(8-21-12)23-17(27)11-25-5-3-2-4-6-25;1-2/h7-10H,2-6,11H2,1H3,(H,23,27)(H,24,28);1-2H3. The van der Waals surface area contributed by atoms with E-state index in [0.717, 1.165) is 34.5 Å². The zero-order chi connectivity index (χ0) is 22.4. The number of nitrogens with one attached hydrogen (secondary N) is 2. The average Bonchev–Trinajstić information content (AvgIpc) is 3.31. The molecule has 8 nitrogen and oxygen atoms in total. The molecule has 0 aliphatic carbocycles. The molecule has 2 amide bonds. The SMILES string of the molecule is CC.Cc1ncc(NC(=O)CN2CCCCC2)cc1NC(=O)c1cnn2cc(Br)sc12. The van der Waals surface area contributed by atoms with Crippen molar-refractivity contribution in [2.24, 2.45) is 0 Å². The molecule has 3 aromatic rings. The number of nitrogens with zero attached hydrogens (tertiary/aromatic N) is 4. The molecule has 3 aromatic heterocycles. The Labute approximate surface area is 194 Å². The number of amides is 2. The molecule has 31 heavy (non-hydrogen) atoms. The quantitative estimate of drug-likeness (QED) is 0.528. The van der Waals surface area contributed by atoms with Crippen molar-refractivity contribution >= 4 is 55.3 Å². The lowest BCUT2D eigenvalue weighted by atomic mass is 10.1. The van der Waals surface area contributed by atoms with E-state index in [-0.39, 0.29) is 11.8 Å². The summed E-state index contributed by atoms with van der Waals surface area (Å²) in [5, 5.41) is 9.96. The van der Waals surface area contributed by atoms with Crippen LogP contribution in [0.4, 0.5) is 11.4 Å². The minimum Gasteiger partial charge on any atom is -0.324 e. The van der Waals surface area contributed by atoms with E-state index in [0.29, 0.717) is 29.2 Å². The molecule has 2 N–H and O–H groups in total. The molecule has 10 heteroatoms. The van der Waals surface area contributed by atoms with Crippen molar-refractivity contribution in [1.29, 1.82) is 0 Å². The molecule has 1 fully saturated rings. The number of likely N-dealkylation sites (tertiary alicyclic amines) is 1. The van der Waals surface area contributed by atoms with Gasteiger partial charge in [0.15, 0.2) is 0 Å². The van der Waals surface area contributed by atoms with Gasteiger partial charge in [-0.05, 0) is 54.9 Å². The third-order valence-electron chi connectivity index (χ3n) is 4.85. The molecule has 166 valence electrons. The largest absolute Gasteiger partial charge is 0.324 e. The third-order valence-corrected chi connectivity index (χ3v) is 6.44. The Morgan fingerprint density at radius 3 is 2.65 bits per heavy atom. The van der Waals surface area contributed by atoms with Gasteiger partial charge in [-0.25, -0.2) is 4.52 Å². The molecule has 1 aliphatic rings. The zero-order valence-corrected chi connectivity index (χ0v) is 20.3. The molecule has 0 spiro atoms. The maximum Gasteiger partial charge on any atom is 0.260 e. The highest BCUT2D eigenvalue weighted by Gasteiger charge is 2.18. The minimum absolute atomic E-state index is 0.0726. The summed E-state index contributed by atoms with van der Waals surface area (Å²) in [7, 11) is 0. The van der Waals surface area contributed by atoms with Gasteiger partial charge in [-0.3, -0.25) is 19.5 Å². The monoisotopic (exact) mass is 506 g/mol. The molecule has 0 unspecified atom stereocenters. The number of thiazole rings is 1. The van der Waals surface area contributed by atoms with Crippen LogP contribution in [0.1, 0.15) is 49.2 Å². The highest BCUT2D eigenvalue weighted by Crippen LogP contribution is 2.27. The number of aromatic nitrogens is 3. The van der Waals surface area contributed by atoms with E-state index >= 15 is 0 Å². The second kappa shape index (κ2) is 10.8. The zero-order valence-electron chi connectivity index (χ0n) is 17.9. The van der Waals surface area contributed by atoms with E-state index in [4.69, 9.17) is 0 Å². The molecule has 1 saturated heterocycles. The van der Waals surface area contributed by atoms with Crippen molar-refractivity contribution in [3.8, 4) is 0 Å². The van der Waals surface area contributed by atoms with Gasteiger partial charge in [-0.2, -0.15) is 5.10 Å². The summed E-state index contributed by atoms with van der Waals surface area (Å²) in [6.07, 6.45) is 8.46. The summed E-state index contributed by atoms with van der Waals surface area (Å²) >= 11 is 4.84. The van der Waals surface area contributed by atoms with Crippen molar-refractivity contribution in [1.82, 2.24) is 19.5 Å². The summed E-state index contributed by atoms with van der Waals surface area (Å²) in [6.45, 7) is 8.10. The van der Waals surface area contributed by atoms with Crippen LogP contribution < -0.4 is 10.6 Å². The number of carbonyl (C=O) groups is 2. The molecule has 0 atom stereocenters. The predicted octanol–water partition coefficient (Wildman–Crippen LogP) is 4.56. The Hall–Kier alpha value is -2.30. The van der Waals surface area contributed by atoms with E-state index in [9.17, 15) is 9.59 Å². The molecular weight excluding hydrogens is 480 g/mol. The molecule has 0 aromatic carbocycles. The summed E-state index contributed by atoms with van der Waals surface area (Å²) in [6, 6.07) is 1.74. The van der Waals surface area contributed by atoms with E-state index in [1.165, 1.54) is 17.8 Å². The summed E-state index contributed by atoms with van der Waals surface area (Å²) in [5.74, 6) is -0.340. The summed E-state index contributed by atoms with van der Waals surface area (Å²) in [4.78, 5) is 32.3. The lowest BCUT2D eigenvalue weighted by Crippen LogP contribution is -2.36. The predicted molar refractivity (Wildman–Crippen MR) is 128 cm³/mol. The van der Waals surface area contributed by atoms with Gasteiger partial charge < -0.3 is 10.6 Å². The van der Waals surface area contributed by atoms with E-state index < -0.39 is 0 Å². The summed E-state index contributed by atoms with van der Waals surface area (Å²) in [5.41, 5.74) is 2.27. The number of halogens is 1. The Morgan fingerprint density at radius 1 is 1.16 bits per heavy atom. The minimum atomic E-state index is -0.268. The van der Waals surface area contributed by atoms with Crippen LogP contribution in [0.3, 0.4) is 0 Å². The number of anilines is 2. The number of hydrogen-bond acceptors (Lipinski definition) is 6. The van der Waals surface area contributed by atoms with Crippen molar-refractivity contribution < 1.29 is 9.59 Å². The van der Waals surface area contributed by atoms with Gasteiger partial charge in [0.1, 0.15) is 4.83 Å². The number of carbonyl (C=O) groups excluding carboxylic acids is 2. The van der Waals surface area contributed by atoms with Crippen LogP contribution in [-0.4, -0.2) is 50.9 Å². The highest BCUT2D eigenvalue weighted by atomic mass is 79.9. The fraction of sp³-hybridized carbons (Fsp3) is 0.429. The Morgan fingerprint density at radius 2 is 1.90 bits per heavy atom. The maximum absolute atomic E-state index is 12.8. The van der Waals surface area contributed by atoms with Gasteiger partial charge in [0.05, 0.1) is 51.6 Å². The fourth-order valence-electron chi connectivity index (χ4n) is 3.35. The van der Waals surface area contributed by atoms with E-state index in [1.54, 1.807) is 23.0 Å². The van der Waals surface area contributed by atoms with Gasteiger partial charge in [0, 0.05) is 0 Å². The van der Waals surface area contributed by atoms with Gasteiger partial charge in [0.2, 0.25) is 5.91 Å². The molecular formula is C21H27BrN6O2S. The van der Waals surface area contributed by atoms with Crippen LogP contribution in [0.2, 0.25) is 0 Å². The third kappa shape index (κ3) is 5.90. The van der Waals surface area contributed by atoms with Crippen LogP contribution in [0, 0.1) is 6.92 Å². The van der Waals surface area contributed by atoms with Gasteiger partial charge in [0.25, 0.3) is 5.91 Å². The Bertz CT molecular complexity index is 1060. The molecule has 4 rings (SSSR count). The van der Waals surface area contributed by atoms with Crippen LogP contribution >= 0.6 is 27.3 Å². The van der Waals surface area contributed by atoms with Crippen LogP contribution in [0.25, 0.3) is 4.83 Å². The number of hydrogen-bond donors (Lipinski definition) is 2. The number of pyridine rings is 1. The number of aryl methyl sites for hydroxylation is 1. The normalized spacial score (nSPS) is 14.1. The first kappa shape index (κ1) is 23.4. The second-order valence-electron chi connectivity index (χ2n) is 7.04. The molecule has 1 aliphatic heterocycles. The lowest BCUT2D eigenvalue weighted by Gasteiger charge is -2.25. The molecule has 0 saturated carbocycles. The lowest BCUT2D eigenvalue weighted by molar-refractivity contribution is -0.117. The Kier molecular flexibility index (Phi) is 8.16. The smallest absolute Gasteiger partial charge is 0.260 e.